The largest absolute Gasteiger partial charge is 0.465 e. The summed E-state index contributed by atoms with van der Waals surface area (Å²) in [5.41, 5.74) is 2.58. The Labute approximate surface area is 122 Å². The Hall–Kier alpha value is -2.41. The molecule has 3 aromatic heterocycles. The molecule has 3 N–H and O–H groups in total. The van der Waals surface area contributed by atoms with Gasteiger partial charge >= 0.3 is 6.09 Å². The van der Waals surface area contributed by atoms with Gasteiger partial charge in [-0.15, -0.1) is 0 Å². The van der Waals surface area contributed by atoms with Gasteiger partial charge in [-0.3, -0.25) is 5.32 Å². The maximum absolute atomic E-state index is 10.5. The van der Waals surface area contributed by atoms with Gasteiger partial charge in [-0.05, 0) is 34.1 Å². The molecule has 20 heavy (non-hydrogen) atoms. The van der Waals surface area contributed by atoms with Crippen molar-refractivity contribution in [3.63, 3.8) is 0 Å². The van der Waals surface area contributed by atoms with Gasteiger partial charge in [0.05, 0.1) is 0 Å². The van der Waals surface area contributed by atoms with E-state index in [0.717, 1.165) is 26.6 Å². The van der Waals surface area contributed by atoms with Crippen LogP contribution in [0.25, 0.3) is 22.2 Å². The number of aromatic amines is 1. The van der Waals surface area contributed by atoms with Crippen LogP contribution in [0.4, 0.5) is 10.6 Å². The van der Waals surface area contributed by atoms with Crippen molar-refractivity contribution in [2.75, 3.05) is 5.32 Å². The van der Waals surface area contributed by atoms with Crippen molar-refractivity contribution in [2.24, 2.45) is 0 Å². The minimum absolute atomic E-state index is 0.290. The first kappa shape index (κ1) is 12.6. The summed E-state index contributed by atoms with van der Waals surface area (Å²) >= 11 is 3.45. The zero-order chi connectivity index (χ0) is 14.1. The Balaban J connectivity index is 1.97. The maximum Gasteiger partial charge on any atom is 0.410 e. The van der Waals surface area contributed by atoms with Crippen LogP contribution >= 0.6 is 15.9 Å². The fraction of sp³-hybridized carbons (Fsp3) is 0. The Morgan fingerprint density at radius 2 is 2.05 bits per heavy atom. The number of carbonyl (C=O) groups is 1. The van der Waals surface area contributed by atoms with Crippen LogP contribution in [0.5, 0.6) is 0 Å². The molecular formula is C13H9BrN4O2. The van der Waals surface area contributed by atoms with Gasteiger partial charge in [-0.25, -0.2) is 14.8 Å². The summed E-state index contributed by atoms with van der Waals surface area (Å²) in [6.45, 7) is 0. The molecule has 0 radical (unpaired) electrons. The number of nitrogens with one attached hydrogen (secondary N) is 2. The highest BCUT2D eigenvalue weighted by molar-refractivity contribution is 9.10. The summed E-state index contributed by atoms with van der Waals surface area (Å²) in [6.07, 6.45) is 4.05. The van der Waals surface area contributed by atoms with E-state index in [2.05, 4.69) is 36.2 Å². The van der Waals surface area contributed by atoms with E-state index in [1.807, 2.05) is 12.3 Å². The second-order valence-electron chi connectivity index (χ2n) is 4.12. The molecule has 0 fully saturated rings. The van der Waals surface area contributed by atoms with Crippen molar-refractivity contribution < 1.29 is 9.90 Å². The molecule has 0 atom stereocenters. The monoisotopic (exact) mass is 332 g/mol. The van der Waals surface area contributed by atoms with E-state index in [1.165, 1.54) is 0 Å². The number of carboxylic acid groups (broad SMARTS) is 1. The second-order valence-corrected chi connectivity index (χ2v) is 4.97. The van der Waals surface area contributed by atoms with Crippen molar-refractivity contribution in [1.82, 2.24) is 15.0 Å². The molecule has 6 nitrogen and oxygen atoms in total. The fourth-order valence-corrected chi connectivity index (χ4v) is 2.29. The molecule has 100 valence electrons. The van der Waals surface area contributed by atoms with Gasteiger partial charge in [0.15, 0.2) is 0 Å². The second kappa shape index (κ2) is 4.93. The molecule has 0 saturated heterocycles. The molecule has 0 aliphatic heterocycles. The SMILES string of the molecule is O=C(O)Nc1ccc(-c2cnc3[nH]cc(Br)c3c2)cn1. The number of anilines is 1. The van der Waals surface area contributed by atoms with Crippen molar-refractivity contribution in [1.29, 1.82) is 0 Å². The van der Waals surface area contributed by atoms with Crippen molar-refractivity contribution in [3.05, 3.63) is 41.3 Å². The molecule has 7 heteroatoms. The van der Waals surface area contributed by atoms with Crippen molar-refractivity contribution in [3.8, 4) is 11.1 Å². The smallest absolute Gasteiger partial charge is 0.410 e. The summed E-state index contributed by atoms with van der Waals surface area (Å²) in [7, 11) is 0. The molecule has 0 aromatic carbocycles. The number of aromatic nitrogens is 3. The summed E-state index contributed by atoms with van der Waals surface area (Å²) < 4.78 is 0.943. The van der Waals surface area contributed by atoms with Crippen LogP contribution in [0.1, 0.15) is 0 Å². The number of amides is 1. The highest BCUT2D eigenvalue weighted by atomic mass is 79.9. The number of hydrogen-bond donors (Lipinski definition) is 3. The van der Waals surface area contributed by atoms with Gasteiger partial charge in [0, 0.05) is 39.6 Å². The lowest BCUT2D eigenvalue weighted by Crippen LogP contribution is -2.08. The normalized spacial score (nSPS) is 10.7. The predicted molar refractivity (Wildman–Crippen MR) is 78.7 cm³/mol. The van der Waals surface area contributed by atoms with Crippen LogP contribution < -0.4 is 5.32 Å². The van der Waals surface area contributed by atoms with Crippen LogP contribution in [0.2, 0.25) is 0 Å². The van der Waals surface area contributed by atoms with E-state index >= 15 is 0 Å². The van der Waals surface area contributed by atoms with Crippen LogP contribution in [0.3, 0.4) is 0 Å². The summed E-state index contributed by atoms with van der Waals surface area (Å²) in [5.74, 6) is 0.290. The Morgan fingerprint density at radius 3 is 2.75 bits per heavy atom. The van der Waals surface area contributed by atoms with Gasteiger partial charge < -0.3 is 10.1 Å². The number of halogens is 1. The van der Waals surface area contributed by atoms with E-state index in [0.29, 0.717) is 0 Å². The minimum Gasteiger partial charge on any atom is -0.465 e. The highest BCUT2D eigenvalue weighted by Crippen LogP contribution is 2.27. The summed E-state index contributed by atoms with van der Waals surface area (Å²) in [6, 6.07) is 5.39. The predicted octanol–water partition coefficient (Wildman–Crippen LogP) is 3.48. The zero-order valence-corrected chi connectivity index (χ0v) is 11.7. The lowest BCUT2D eigenvalue weighted by Gasteiger charge is -2.03. The van der Waals surface area contributed by atoms with Crippen LogP contribution in [-0.2, 0) is 0 Å². The molecule has 0 bridgehead atoms. The molecule has 0 aliphatic carbocycles. The number of fused-ring (bicyclic) bond motifs is 1. The third kappa shape index (κ3) is 2.35. The van der Waals surface area contributed by atoms with Crippen LogP contribution in [0, 0.1) is 0 Å². The summed E-state index contributed by atoms with van der Waals surface area (Å²) in [5, 5.41) is 11.8. The van der Waals surface area contributed by atoms with E-state index in [9.17, 15) is 4.79 Å². The number of nitrogens with zero attached hydrogens (tertiary/aromatic N) is 2. The maximum atomic E-state index is 10.5. The van der Waals surface area contributed by atoms with Gasteiger partial charge in [-0.2, -0.15) is 0 Å². The van der Waals surface area contributed by atoms with E-state index in [1.54, 1.807) is 24.5 Å². The fourth-order valence-electron chi connectivity index (χ4n) is 1.88. The van der Waals surface area contributed by atoms with Crippen LogP contribution in [-0.4, -0.2) is 26.2 Å². The van der Waals surface area contributed by atoms with Crippen LogP contribution in [0.15, 0.2) is 41.3 Å². The average Bonchev–Trinajstić information content (AvgIpc) is 2.80. The molecular weight excluding hydrogens is 324 g/mol. The molecule has 0 spiro atoms. The number of hydrogen-bond acceptors (Lipinski definition) is 3. The Kier molecular flexibility index (Phi) is 3.11. The van der Waals surface area contributed by atoms with Crippen molar-refractivity contribution in [2.45, 2.75) is 0 Å². The van der Waals surface area contributed by atoms with Gasteiger partial charge in [0.25, 0.3) is 0 Å². The number of H-pyrrole nitrogens is 1. The molecule has 0 saturated carbocycles. The molecule has 0 unspecified atom stereocenters. The van der Waals surface area contributed by atoms with Gasteiger partial charge in [0.2, 0.25) is 0 Å². The average molecular weight is 333 g/mol. The third-order valence-corrected chi connectivity index (χ3v) is 3.47. The van der Waals surface area contributed by atoms with E-state index in [-0.39, 0.29) is 5.82 Å². The molecule has 0 aliphatic rings. The minimum atomic E-state index is -1.13. The molecule has 3 aromatic rings. The number of rotatable bonds is 2. The topological polar surface area (TPSA) is 90.9 Å². The van der Waals surface area contributed by atoms with E-state index in [4.69, 9.17) is 5.11 Å². The van der Waals surface area contributed by atoms with Crippen molar-refractivity contribution >= 4 is 38.9 Å². The molecule has 3 heterocycles. The first-order chi connectivity index (χ1) is 9.63. The zero-order valence-electron chi connectivity index (χ0n) is 10.1. The lowest BCUT2D eigenvalue weighted by atomic mass is 10.1. The van der Waals surface area contributed by atoms with E-state index < -0.39 is 6.09 Å². The lowest BCUT2D eigenvalue weighted by molar-refractivity contribution is 0.209. The first-order valence-corrected chi connectivity index (χ1v) is 6.52. The third-order valence-electron chi connectivity index (χ3n) is 2.81. The van der Waals surface area contributed by atoms with Gasteiger partial charge in [0.1, 0.15) is 11.5 Å². The summed E-state index contributed by atoms with van der Waals surface area (Å²) in [4.78, 5) is 21.9. The quantitative estimate of drug-likeness (QED) is 0.670. The van der Waals surface area contributed by atoms with Gasteiger partial charge in [-0.1, -0.05) is 0 Å². The first-order valence-electron chi connectivity index (χ1n) is 5.72. The Bertz CT molecular complexity index is 783. The molecule has 3 rings (SSSR count). The Morgan fingerprint density at radius 1 is 1.25 bits per heavy atom. The standard InChI is InChI=1S/C13H9BrN4O2/c14-10-6-17-12-9(10)3-8(5-16-12)7-1-2-11(15-4-7)18-13(19)20/h1-6H,(H,15,18)(H,16,17)(H,19,20). The number of pyridine rings is 2. The highest BCUT2D eigenvalue weighted by Gasteiger charge is 2.06. The molecule has 1 amide bonds.